The van der Waals surface area contributed by atoms with Crippen molar-refractivity contribution < 1.29 is 9.84 Å². The molecule has 2 heteroatoms. The average molecular weight is 300 g/mol. The predicted molar refractivity (Wildman–Crippen MR) is 92.5 cm³/mol. The molecule has 1 heterocycles. The van der Waals surface area contributed by atoms with E-state index < -0.39 is 0 Å². The number of epoxide rings is 1. The van der Waals surface area contributed by atoms with Crippen molar-refractivity contribution in [3.63, 3.8) is 0 Å². The molecule has 1 N–H and O–H groups in total. The average Bonchev–Trinajstić information content (AvgIpc) is 3.16. The van der Waals surface area contributed by atoms with E-state index in [0.717, 1.165) is 12.8 Å². The summed E-state index contributed by atoms with van der Waals surface area (Å²) < 4.78 is 5.54. The van der Waals surface area contributed by atoms with Gasteiger partial charge in [-0.1, -0.05) is 68.5 Å². The predicted octanol–water partition coefficient (Wildman–Crippen LogP) is 4.46. The monoisotopic (exact) mass is 300 g/mol. The van der Waals surface area contributed by atoms with Crippen molar-refractivity contribution >= 4 is 6.08 Å². The summed E-state index contributed by atoms with van der Waals surface area (Å²) in [6, 6.07) is 10.4. The van der Waals surface area contributed by atoms with Gasteiger partial charge in [0.1, 0.15) is 6.10 Å². The van der Waals surface area contributed by atoms with Crippen LogP contribution in [-0.4, -0.2) is 23.4 Å². The molecule has 22 heavy (non-hydrogen) atoms. The van der Waals surface area contributed by atoms with E-state index in [0.29, 0.717) is 11.8 Å². The van der Waals surface area contributed by atoms with Crippen molar-refractivity contribution in [2.75, 3.05) is 6.61 Å². The van der Waals surface area contributed by atoms with Crippen molar-refractivity contribution in [1.82, 2.24) is 0 Å². The van der Waals surface area contributed by atoms with Crippen LogP contribution in [0.1, 0.15) is 39.2 Å². The van der Waals surface area contributed by atoms with E-state index in [1.165, 1.54) is 5.56 Å². The number of rotatable bonds is 8. The summed E-state index contributed by atoms with van der Waals surface area (Å²) >= 11 is 0. The zero-order valence-electron chi connectivity index (χ0n) is 13.9. The molecular formula is C20H28O2. The van der Waals surface area contributed by atoms with E-state index in [1.807, 2.05) is 6.07 Å². The van der Waals surface area contributed by atoms with Gasteiger partial charge in [-0.05, 0) is 37.2 Å². The van der Waals surface area contributed by atoms with Crippen LogP contribution >= 0.6 is 0 Å². The Kier molecular flexibility index (Phi) is 5.98. The lowest BCUT2D eigenvalue weighted by molar-refractivity contribution is 0.233. The third-order valence-electron chi connectivity index (χ3n) is 4.32. The van der Waals surface area contributed by atoms with Crippen LogP contribution in [0, 0.1) is 11.8 Å². The Morgan fingerprint density at radius 2 is 1.91 bits per heavy atom. The number of hydrogen-bond donors (Lipinski definition) is 1. The lowest BCUT2D eigenvalue weighted by Gasteiger charge is -2.10. The van der Waals surface area contributed by atoms with Gasteiger partial charge in [-0.3, -0.25) is 0 Å². The molecule has 1 aromatic rings. The molecule has 2 nitrogen and oxygen atoms in total. The summed E-state index contributed by atoms with van der Waals surface area (Å²) in [6.07, 6.45) is 11.1. The molecule has 120 valence electrons. The molecule has 0 saturated carbocycles. The van der Waals surface area contributed by atoms with Crippen LogP contribution in [0.25, 0.3) is 6.08 Å². The highest BCUT2D eigenvalue weighted by atomic mass is 16.6. The number of ether oxygens (including phenoxy) is 1. The van der Waals surface area contributed by atoms with Crippen molar-refractivity contribution in [2.24, 2.45) is 11.8 Å². The SMILES string of the molecule is C[C@H](/C=C/C[C@@H](C)/C=C/c1ccccc1)C[C@@]1(C)O[C@@H]1CO. The summed E-state index contributed by atoms with van der Waals surface area (Å²) in [4.78, 5) is 0. The summed E-state index contributed by atoms with van der Waals surface area (Å²) in [5.41, 5.74) is 1.14. The van der Waals surface area contributed by atoms with E-state index in [4.69, 9.17) is 9.84 Å². The largest absolute Gasteiger partial charge is 0.394 e. The molecular weight excluding hydrogens is 272 g/mol. The van der Waals surface area contributed by atoms with Gasteiger partial charge in [0.15, 0.2) is 0 Å². The maximum absolute atomic E-state index is 9.11. The van der Waals surface area contributed by atoms with Crippen molar-refractivity contribution in [3.05, 3.63) is 54.1 Å². The normalized spacial score (nSPS) is 27.4. The molecule has 4 atom stereocenters. The van der Waals surface area contributed by atoms with Crippen LogP contribution in [0.4, 0.5) is 0 Å². The Hall–Kier alpha value is -1.38. The quantitative estimate of drug-likeness (QED) is 0.568. The van der Waals surface area contributed by atoms with Crippen molar-refractivity contribution in [2.45, 2.75) is 45.3 Å². The summed E-state index contributed by atoms with van der Waals surface area (Å²) in [5.74, 6) is 1.01. The number of allylic oxidation sites excluding steroid dienone is 3. The zero-order chi connectivity index (χ0) is 16.0. The first kappa shape index (κ1) is 17.0. The second-order valence-corrected chi connectivity index (χ2v) is 6.69. The summed E-state index contributed by atoms with van der Waals surface area (Å²) in [7, 11) is 0. The van der Waals surface area contributed by atoms with E-state index in [2.05, 4.69) is 69.3 Å². The highest BCUT2D eigenvalue weighted by Crippen LogP contribution is 2.41. The second-order valence-electron chi connectivity index (χ2n) is 6.69. The number of benzene rings is 1. The van der Waals surface area contributed by atoms with Gasteiger partial charge in [0.05, 0.1) is 12.2 Å². The van der Waals surface area contributed by atoms with Crippen molar-refractivity contribution in [3.8, 4) is 0 Å². The van der Waals surface area contributed by atoms with E-state index in [9.17, 15) is 0 Å². The third-order valence-corrected chi connectivity index (χ3v) is 4.32. The number of aliphatic hydroxyl groups is 1. The lowest BCUT2D eigenvalue weighted by atomic mass is 9.93. The van der Waals surface area contributed by atoms with Crippen LogP contribution in [0.15, 0.2) is 48.6 Å². The molecule has 1 aliphatic rings. The molecule has 0 radical (unpaired) electrons. The number of aliphatic hydroxyl groups excluding tert-OH is 1. The second kappa shape index (κ2) is 7.75. The molecule has 1 aromatic carbocycles. The van der Waals surface area contributed by atoms with Gasteiger partial charge in [-0.25, -0.2) is 0 Å². The minimum atomic E-state index is -0.114. The van der Waals surface area contributed by atoms with E-state index >= 15 is 0 Å². The smallest absolute Gasteiger partial charge is 0.110 e. The fourth-order valence-corrected chi connectivity index (χ4v) is 2.85. The van der Waals surface area contributed by atoms with Gasteiger partial charge < -0.3 is 9.84 Å². The summed E-state index contributed by atoms with van der Waals surface area (Å²) in [5, 5.41) is 9.11. The van der Waals surface area contributed by atoms with Gasteiger partial charge in [0, 0.05) is 0 Å². The molecule has 1 saturated heterocycles. The van der Waals surface area contributed by atoms with Gasteiger partial charge >= 0.3 is 0 Å². The molecule has 1 fully saturated rings. The van der Waals surface area contributed by atoms with Crippen LogP contribution in [-0.2, 0) is 4.74 Å². The first-order valence-corrected chi connectivity index (χ1v) is 8.22. The maximum atomic E-state index is 9.11. The fraction of sp³-hybridized carbons (Fsp3) is 0.500. The maximum Gasteiger partial charge on any atom is 0.110 e. The van der Waals surface area contributed by atoms with Crippen LogP contribution < -0.4 is 0 Å². The molecule has 0 aliphatic carbocycles. The zero-order valence-corrected chi connectivity index (χ0v) is 13.9. The highest BCUT2D eigenvalue weighted by Gasteiger charge is 2.51. The fourth-order valence-electron chi connectivity index (χ4n) is 2.85. The Morgan fingerprint density at radius 1 is 1.18 bits per heavy atom. The molecule has 0 aromatic heterocycles. The van der Waals surface area contributed by atoms with Gasteiger partial charge in [-0.15, -0.1) is 0 Å². The lowest BCUT2D eigenvalue weighted by Crippen LogP contribution is -2.15. The molecule has 0 spiro atoms. The molecule has 0 unspecified atom stereocenters. The minimum absolute atomic E-state index is 0.0380. The summed E-state index contributed by atoms with van der Waals surface area (Å²) in [6.45, 7) is 6.67. The topological polar surface area (TPSA) is 32.8 Å². The van der Waals surface area contributed by atoms with Crippen LogP contribution in [0.3, 0.4) is 0 Å². The Balaban J connectivity index is 1.71. The Labute approximate surface area is 134 Å². The van der Waals surface area contributed by atoms with Gasteiger partial charge in [0.25, 0.3) is 0 Å². The standard InChI is InChI=1S/C20H28O2/c1-16(12-13-18-10-5-4-6-11-18)8-7-9-17(2)14-20(3)19(15-21)22-20/h4-7,9-13,16-17,19,21H,8,14-15H2,1-3H3/b9-7+,13-12+/t16-,17-,19-,20-/m1/s1. The Bertz CT molecular complexity index is 506. The first-order valence-electron chi connectivity index (χ1n) is 8.22. The van der Waals surface area contributed by atoms with E-state index in [1.54, 1.807) is 0 Å². The van der Waals surface area contributed by atoms with E-state index in [-0.39, 0.29) is 18.3 Å². The van der Waals surface area contributed by atoms with Crippen LogP contribution in [0.5, 0.6) is 0 Å². The number of hydrogen-bond acceptors (Lipinski definition) is 2. The highest BCUT2D eigenvalue weighted by molar-refractivity contribution is 5.48. The third kappa shape index (κ3) is 5.11. The minimum Gasteiger partial charge on any atom is -0.394 e. The van der Waals surface area contributed by atoms with Crippen molar-refractivity contribution in [1.29, 1.82) is 0 Å². The van der Waals surface area contributed by atoms with Gasteiger partial charge in [-0.2, -0.15) is 0 Å². The first-order chi connectivity index (χ1) is 10.5. The molecule has 0 bridgehead atoms. The molecule has 1 aliphatic heterocycles. The molecule has 2 rings (SSSR count). The molecule has 0 amide bonds. The van der Waals surface area contributed by atoms with Gasteiger partial charge in [0.2, 0.25) is 0 Å². The van der Waals surface area contributed by atoms with Crippen LogP contribution in [0.2, 0.25) is 0 Å². The Morgan fingerprint density at radius 3 is 2.55 bits per heavy atom.